The maximum atomic E-state index is 11.9. The molecule has 5 nitrogen and oxygen atoms in total. The lowest BCUT2D eigenvalue weighted by Crippen LogP contribution is -2.24. The number of aliphatic hydroxyl groups is 1. The molecule has 29 heavy (non-hydrogen) atoms. The van der Waals surface area contributed by atoms with Crippen LogP contribution in [0.4, 0.5) is 4.79 Å². The van der Waals surface area contributed by atoms with Gasteiger partial charge in [-0.3, -0.25) is 0 Å². The van der Waals surface area contributed by atoms with E-state index in [1.807, 2.05) is 0 Å². The van der Waals surface area contributed by atoms with Gasteiger partial charge < -0.3 is 19.5 Å². The Labute approximate surface area is 180 Å². The van der Waals surface area contributed by atoms with Crippen molar-refractivity contribution in [1.82, 2.24) is 4.90 Å². The van der Waals surface area contributed by atoms with Gasteiger partial charge in [-0.25, -0.2) is 4.79 Å². The number of hydrogen-bond donors (Lipinski definition) is 1. The molecular weight excluding hydrogens is 366 g/mol. The number of unbranched alkanes of at least 4 members (excludes halogenated alkanes) is 10. The first kappa shape index (κ1) is 28.2. The van der Waals surface area contributed by atoms with E-state index in [2.05, 4.69) is 25.7 Å². The summed E-state index contributed by atoms with van der Waals surface area (Å²) >= 11 is 0. The summed E-state index contributed by atoms with van der Waals surface area (Å²) < 4.78 is 10.6. The molecule has 0 saturated heterocycles. The van der Waals surface area contributed by atoms with Crippen molar-refractivity contribution in [3.63, 3.8) is 0 Å². The summed E-state index contributed by atoms with van der Waals surface area (Å²) in [6.45, 7) is 10.2. The minimum atomic E-state index is -0.585. The summed E-state index contributed by atoms with van der Waals surface area (Å²) in [5, 5.41) is 9.22. The van der Waals surface area contributed by atoms with Gasteiger partial charge in [0.1, 0.15) is 6.10 Å². The molecular formula is C24H49NO4. The van der Waals surface area contributed by atoms with E-state index in [9.17, 15) is 9.90 Å². The van der Waals surface area contributed by atoms with Gasteiger partial charge in [0.05, 0.1) is 6.61 Å². The molecule has 1 atom stereocenters. The van der Waals surface area contributed by atoms with Crippen LogP contribution < -0.4 is 0 Å². The Bertz CT molecular complexity index is 348. The minimum Gasteiger partial charge on any atom is -0.434 e. The van der Waals surface area contributed by atoms with Crippen molar-refractivity contribution in [1.29, 1.82) is 0 Å². The maximum Gasteiger partial charge on any atom is 0.508 e. The summed E-state index contributed by atoms with van der Waals surface area (Å²) in [4.78, 5) is 14.2. The first-order chi connectivity index (χ1) is 14.2. The zero-order valence-electron chi connectivity index (χ0n) is 19.6. The number of nitrogens with zero attached hydrogens (tertiary/aromatic N) is 1. The average molecular weight is 416 g/mol. The molecule has 0 aliphatic rings. The first-order valence-electron chi connectivity index (χ1n) is 12.3. The van der Waals surface area contributed by atoms with Gasteiger partial charge >= 0.3 is 6.16 Å². The molecule has 0 fully saturated rings. The molecule has 0 aliphatic carbocycles. The van der Waals surface area contributed by atoms with Gasteiger partial charge in [0.25, 0.3) is 0 Å². The SMILES string of the molecule is CCCCCCCCCCCC[C@H](CCO)OC(=O)OCCCCN(CC)CC. The Kier molecular flexibility index (Phi) is 21.3. The summed E-state index contributed by atoms with van der Waals surface area (Å²) in [7, 11) is 0. The molecule has 0 aromatic rings. The molecule has 0 aliphatic heterocycles. The van der Waals surface area contributed by atoms with E-state index in [0.717, 1.165) is 45.3 Å². The Morgan fingerprint density at radius 3 is 1.93 bits per heavy atom. The van der Waals surface area contributed by atoms with Crippen molar-refractivity contribution in [2.24, 2.45) is 0 Å². The molecule has 5 heteroatoms. The number of ether oxygens (including phenoxy) is 2. The van der Waals surface area contributed by atoms with Crippen LogP contribution in [-0.4, -0.2) is 55.1 Å². The molecule has 1 N–H and O–H groups in total. The fourth-order valence-corrected chi connectivity index (χ4v) is 3.57. The number of carbonyl (C=O) groups is 1. The van der Waals surface area contributed by atoms with E-state index in [0.29, 0.717) is 13.0 Å². The fraction of sp³-hybridized carbons (Fsp3) is 0.958. The van der Waals surface area contributed by atoms with E-state index in [4.69, 9.17) is 9.47 Å². The molecule has 0 saturated carbocycles. The Morgan fingerprint density at radius 2 is 1.38 bits per heavy atom. The van der Waals surface area contributed by atoms with Crippen molar-refractivity contribution in [3.05, 3.63) is 0 Å². The summed E-state index contributed by atoms with van der Waals surface area (Å²) in [6, 6.07) is 0. The van der Waals surface area contributed by atoms with Crippen LogP contribution in [0.1, 0.15) is 111 Å². The number of carbonyl (C=O) groups excluding carboxylic acids is 1. The third-order valence-corrected chi connectivity index (χ3v) is 5.58. The van der Waals surface area contributed by atoms with Crippen molar-refractivity contribution in [2.45, 2.75) is 117 Å². The van der Waals surface area contributed by atoms with Crippen LogP contribution in [0.15, 0.2) is 0 Å². The molecule has 0 radical (unpaired) electrons. The second-order valence-corrected chi connectivity index (χ2v) is 8.06. The van der Waals surface area contributed by atoms with Crippen LogP contribution in [0.5, 0.6) is 0 Å². The van der Waals surface area contributed by atoms with Gasteiger partial charge in [0.15, 0.2) is 0 Å². The molecule has 0 amide bonds. The van der Waals surface area contributed by atoms with Crippen LogP contribution in [0.25, 0.3) is 0 Å². The van der Waals surface area contributed by atoms with Gasteiger partial charge in [-0.05, 0) is 45.3 Å². The minimum absolute atomic E-state index is 0.0412. The third kappa shape index (κ3) is 18.9. The van der Waals surface area contributed by atoms with Crippen LogP contribution in [-0.2, 0) is 9.47 Å². The lowest BCUT2D eigenvalue weighted by Gasteiger charge is -2.18. The predicted octanol–water partition coefficient (Wildman–Crippen LogP) is 6.32. The average Bonchev–Trinajstić information content (AvgIpc) is 2.72. The Morgan fingerprint density at radius 1 is 0.793 bits per heavy atom. The van der Waals surface area contributed by atoms with E-state index >= 15 is 0 Å². The monoisotopic (exact) mass is 415 g/mol. The second kappa shape index (κ2) is 21.9. The standard InChI is InChI=1S/C24H49NO4/c1-4-7-8-9-10-11-12-13-14-15-18-23(19-21-26)29-24(27)28-22-17-16-20-25(5-2)6-3/h23,26H,4-22H2,1-3H3/t23-/m1/s1. The summed E-state index contributed by atoms with van der Waals surface area (Å²) in [6.07, 6.45) is 15.2. The van der Waals surface area contributed by atoms with Crippen LogP contribution >= 0.6 is 0 Å². The van der Waals surface area contributed by atoms with Gasteiger partial charge in [0.2, 0.25) is 0 Å². The molecule has 0 aromatic carbocycles. The molecule has 0 spiro atoms. The highest BCUT2D eigenvalue weighted by molar-refractivity contribution is 5.60. The molecule has 0 heterocycles. The molecule has 0 aromatic heterocycles. The van der Waals surface area contributed by atoms with Crippen molar-refractivity contribution in [2.75, 3.05) is 32.8 Å². The zero-order chi connectivity index (χ0) is 21.6. The highest BCUT2D eigenvalue weighted by atomic mass is 16.7. The van der Waals surface area contributed by atoms with E-state index < -0.39 is 6.16 Å². The summed E-state index contributed by atoms with van der Waals surface area (Å²) in [5.74, 6) is 0. The van der Waals surface area contributed by atoms with Crippen molar-refractivity contribution < 1.29 is 19.4 Å². The van der Waals surface area contributed by atoms with Gasteiger partial charge in [-0.1, -0.05) is 78.6 Å². The van der Waals surface area contributed by atoms with Crippen LogP contribution in [0.3, 0.4) is 0 Å². The van der Waals surface area contributed by atoms with Crippen molar-refractivity contribution in [3.8, 4) is 0 Å². The normalized spacial score (nSPS) is 12.3. The predicted molar refractivity (Wildman–Crippen MR) is 121 cm³/mol. The highest BCUT2D eigenvalue weighted by Gasteiger charge is 2.15. The number of hydrogen-bond acceptors (Lipinski definition) is 5. The number of aliphatic hydroxyl groups excluding tert-OH is 1. The van der Waals surface area contributed by atoms with E-state index in [-0.39, 0.29) is 12.7 Å². The van der Waals surface area contributed by atoms with Crippen molar-refractivity contribution >= 4 is 6.16 Å². The fourth-order valence-electron chi connectivity index (χ4n) is 3.57. The van der Waals surface area contributed by atoms with Gasteiger partial charge in [-0.15, -0.1) is 0 Å². The molecule has 0 unspecified atom stereocenters. The zero-order valence-corrected chi connectivity index (χ0v) is 19.6. The largest absolute Gasteiger partial charge is 0.508 e. The third-order valence-electron chi connectivity index (χ3n) is 5.58. The van der Waals surface area contributed by atoms with Crippen LogP contribution in [0.2, 0.25) is 0 Å². The Balaban J connectivity index is 3.70. The molecule has 0 rings (SSSR count). The molecule has 0 bridgehead atoms. The summed E-state index contributed by atoms with van der Waals surface area (Å²) in [5.41, 5.74) is 0. The van der Waals surface area contributed by atoms with Gasteiger partial charge in [-0.2, -0.15) is 0 Å². The Hall–Kier alpha value is -0.810. The van der Waals surface area contributed by atoms with Crippen LogP contribution in [0, 0.1) is 0 Å². The highest BCUT2D eigenvalue weighted by Crippen LogP contribution is 2.15. The van der Waals surface area contributed by atoms with Gasteiger partial charge in [0, 0.05) is 13.0 Å². The maximum absolute atomic E-state index is 11.9. The van der Waals surface area contributed by atoms with E-state index in [1.165, 1.54) is 57.8 Å². The lowest BCUT2D eigenvalue weighted by molar-refractivity contribution is 0.0109. The smallest absolute Gasteiger partial charge is 0.434 e. The second-order valence-electron chi connectivity index (χ2n) is 8.06. The topological polar surface area (TPSA) is 59.0 Å². The van der Waals surface area contributed by atoms with E-state index in [1.54, 1.807) is 0 Å². The first-order valence-corrected chi connectivity index (χ1v) is 12.3. The lowest BCUT2D eigenvalue weighted by atomic mass is 10.0. The number of rotatable bonds is 21. The quantitative estimate of drug-likeness (QED) is 0.175. The molecule has 174 valence electrons.